The molecule has 4 heteroatoms. The van der Waals surface area contributed by atoms with Gasteiger partial charge in [0.1, 0.15) is 0 Å². The van der Waals surface area contributed by atoms with Gasteiger partial charge >= 0.3 is 11.9 Å². The fourth-order valence-electron chi connectivity index (χ4n) is 2.28. The van der Waals surface area contributed by atoms with Gasteiger partial charge in [-0.2, -0.15) is 0 Å². The van der Waals surface area contributed by atoms with Crippen molar-refractivity contribution < 1.29 is 19.8 Å². The van der Waals surface area contributed by atoms with Crippen molar-refractivity contribution in [2.45, 2.75) is 39.5 Å². The summed E-state index contributed by atoms with van der Waals surface area (Å²) in [6, 6.07) is 5.48. The number of carbonyl (C=O) groups is 2. The first kappa shape index (κ1) is 16.2. The van der Waals surface area contributed by atoms with Crippen LogP contribution in [0.25, 0.3) is 0 Å². The van der Waals surface area contributed by atoms with Crippen molar-refractivity contribution in [2.24, 2.45) is 11.8 Å². The minimum absolute atomic E-state index is 0.190. The Hall–Kier alpha value is -1.84. The molecule has 0 spiro atoms. The van der Waals surface area contributed by atoms with Crippen LogP contribution in [0.3, 0.4) is 0 Å². The van der Waals surface area contributed by atoms with Gasteiger partial charge in [0, 0.05) is 0 Å². The summed E-state index contributed by atoms with van der Waals surface area (Å²) in [4.78, 5) is 20.9. The summed E-state index contributed by atoms with van der Waals surface area (Å²) in [6.45, 7) is 4.73. The van der Waals surface area contributed by atoms with E-state index in [0.717, 1.165) is 11.8 Å². The van der Waals surface area contributed by atoms with Gasteiger partial charge < -0.3 is 10.2 Å². The van der Waals surface area contributed by atoms with E-state index in [1.807, 2.05) is 0 Å². The van der Waals surface area contributed by atoms with Crippen molar-refractivity contribution >= 4 is 11.9 Å². The third kappa shape index (κ3) is 5.03. The monoisotopic (exact) mass is 278 g/mol. The number of hydrogen-bond acceptors (Lipinski definition) is 2. The Morgan fingerprint density at radius 1 is 0.850 bits per heavy atom. The minimum atomic E-state index is -1.23. The van der Waals surface area contributed by atoms with Gasteiger partial charge in [-0.1, -0.05) is 51.7 Å². The molecule has 0 amide bonds. The lowest BCUT2D eigenvalue weighted by Crippen LogP contribution is -2.08. The molecule has 2 N–H and O–H groups in total. The Bertz CT molecular complexity index is 416. The van der Waals surface area contributed by atoms with Crippen molar-refractivity contribution in [2.75, 3.05) is 0 Å². The van der Waals surface area contributed by atoms with Crippen LogP contribution in [0.5, 0.6) is 0 Å². The normalized spacial score (nSPS) is 21.5. The molecule has 0 bridgehead atoms. The molecular formula is C16H22O4. The highest BCUT2D eigenvalue weighted by Crippen LogP contribution is 2.27. The number of benzene rings is 1. The van der Waals surface area contributed by atoms with E-state index >= 15 is 0 Å². The van der Waals surface area contributed by atoms with E-state index in [1.165, 1.54) is 49.9 Å². The van der Waals surface area contributed by atoms with Crippen molar-refractivity contribution in [3.05, 3.63) is 35.4 Å². The maximum Gasteiger partial charge on any atom is 0.336 e. The lowest BCUT2D eigenvalue weighted by molar-refractivity contribution is 0.0651. The first-order chi connectivity index (χ1) is 9.41. The molecule has 0 heterocycles. The summed E-state index contributed by atoms with van der Waals surface area (Å²) in [5, 5.41) is 17.1. The molecule has 1 aromatic carbocycles. The Kier molecular flexibility index (Phi) is 6.22. The molecule has 1 saturated carbocycles. The van der Waals surface area contributed by atoms with Crippen LogP contribution in [-0.2, 0) is 0 Å². The Labute approximate surface area is 119 Å². The number of rotatable bonds is 2. The summed E-state index contributed by atoms with van der Waals surface area (Å²) in [6.07, 6.45) is 5.89. The SMILES string of the molecule is CC1CCC(C)CC1.O=C(O)c1ccccc1C(=O)O. The van der Waals surface area contributed by atoms with E-state index in [9.17, 15) is 9.59 Å². The first-order valence-electron chi connectivity index (χ1n) is 6.97. The van der Waals surface area contributed by atoms with Crippen molar-refractivity contribution in [3.8, 4) is 0 Å². The van der Waals surface area contributed by atoms with Gasteiger partial charge in [0.25, 0.3) is 0 Å². The van der Waals surface area contributed by atoms with Crippen molar-refractivity contribution in [1.82, 2.24) is 0 Å². The van der Waals surface area contributed by atoms with E-state index in [4.69, 9.17) is 10.2 Å². The van der Waals surface area contributed by atoms with Gasteiger partial charge in [-0.15, -0.1) is 0 Å². The number of hydrogen-bond donors (Lipinski definition) is 2. The molecule has 1 aliphatic carbocycles. The molecule has 0 aliphatic heterocycles. The molecule has 0 unspecified atom stereocenters. The van der Waals surface area contributed by atoms with Crippen LogP contribution in [-0.4, -0.2) is 22.2 Å². The molecule has 20 heavy (non-hydrogen) atoms. The minimum Gasteiger partial charge on any atom is -0.478 e. The van der Waals surface area contributed by atoms with E-state index < -0.39 is 11.9 Å². The smallest absolute Gasteiger partial charge is 0.336 e. The molecular weight excluding hydrogens is 256 g/mol. The fraction of sp³-hybridized carbons (Fsp3) is 0.500. The van der Waals surface area contributed by atoms with Gasteiger partial charge in [0.05, 0.1) is 11.1 Å². The van der Waals surface area contributed by atoms with Gasteiger partial charge in [0.15, 0.2) is 0 Å². The third-order valence-electron chi connectivity index (χ3n) is 3.69. The second-order valence-electron chi connectivity index (χ2n) is 5.52. The molecule has 2 rings (SSSR count). The maximum absolute atomic E-state index is 10.5. The van der Waals surface area contributed by atoms with Crippen LogP contribution in [0, 0.1) is 11.8 Å². The summed E-state index contributed by atoms with van der Waals surface area (Å²) in [5.41, 5.74) is -0.380. The van der Waals surface area contributed by atoms with E-state index in [2.05, 4.69) is 13.8 Å². The highest BCUT2D eigenvalue weighted by molar-refractivity contribution is 6.01. The Balaban J connectivity index is 0.000000217. The molecule has 4 nitrogen and oxygen atoms in total. The highest BCUT2D eigenvalue weighted by atomic mass is 16.4. The fourth-order valence-corrected chi connectivity index (χ4v) is 2.28. The van der Waals surface area contributed by atoms with Crippen molar-refractivity contribution in [3.63, 3.8) is 0 Å². The van der Waals surface area contributed by atoms with E-state index in [-0.39, 0.29) is 11.1 Å². The predicted molar refractivity (Wildman–Crippen MR) is 77.2 cm³/mol. The van der Waals surface area contributed by atoms with Crippen LogP contribution in [0.15, 0.2) is 24.3 Å². The first-order valence-corrected chi connectivity index (χ1v) is 6.97. The molecule has 0 saturated heterocycles. The maximum atomic E-state index is 10.5. The van der Waals surface area contributed by atoms with Gasteiger partial charge in [-0.3, -0.25) is 0 Å². The zero-order chi connectivity index (χ0) is 15.1. The second-order valence-corrected chi connectivity index (χ2v) is 5.52. The largest absolute Gasteiger partial charge is 0.478 e. The van der Waals surface area contributed by atoms with Gasteiger partial charge in [-0.25, -0.2) is 9.59 Å². The summed E-state index contributed by atoms with van der Waals surface area (Å²) in [7, 11) is 0. The molecule has 1 fully saturated rings. The summed E-state index contributed by atoms with van der Waals surface area (Å²) >= 11 is 0. The van der Waals surface area contributed by atoms with Crippen molar-refractivity contribution in [1.29, 1.82) is 0 Å². The number of aromatic carboxylic acids is 2. The summed E-state index contributed by atoms with van der Waals surface area (Å²) < 4.78 is 0. The quantitative estimate of drug-likeness (QED) is 0.860. The topological polar surface area (TPSA) is 74.6 Å². The van der Waals surface area contributed by atoms with Crippen LogP contribution < -0.4 is 0 Å². The third-order valence-corrected chi connectivity index (χ3v) is 3.69. The van der Waals surface area contributed by atoms with E-state index in [1.54, 1.807) is 0 Å². The van der Waals surface area contributed by atoms with Crippen LogP contribution in [0.4, 0.5) is 0 Å². The number of carboxylic acid groups (broad SMARTS) is 2. The van der Waals surface area contributed by atoms with Crippen LogP contribution in [0.2, 0.25) is 0 Å². The lowest BCUT2D eigenvalue weighted by Gasteiger charge is -2.22. The van der Waals surface area contributed by atoms with Crippen LogP contribution >= 0.6 is 0 Å². The standard InChI is InChI=1S/C8H6O4.C8H16/c9-7(10)5-3-1-2-4-6(5)8(11)12;1-7-3-5-8(2)6-4-7/h1-4H,(H,9,10)(H,11,12);7-8H,3-6H2,1-2H3. The van der Waals surface area contributed by atoms with Crippen LogP contribution in [0.1, 0.15) is 60.2 Å². The zero-order valence-electron chi connectivity index (χ0n) is 12.0. The van der Waals surface area contributed by atoms with Gasteiger partial charge in [-0.05, 0) is 24.0 Å². The summed E-state index contributed by atoms with van der Waals surface area (Å²) in [5.74, 6) is -0.418. The average molecular weight is 278 g/mol. The Morgan fingerprint density at radius 2 is 1.15 bits per heavy atom. The average Bonchev–Trinajstić information content (AvgIpc) is 2.42. The molecule has 0 atom stereocenters. The molecule has 1 aromatic rings. The highest BCUT2D eigenvalue weighted by Gasteiger charge is 2.14. The molecule has 1 aliphatic rings. The zero-order valence-corrected chi connectivity index (χ0v) is 12.0. The Morgan fingerprint density at radius 3 is 1.40 bits per heavy atom. The second kappa shape index (κ2) is 7.68. The molecule has 0 radical (unpaired) electrons. The number of carboxylic acids is 2. The lowest BCUT2D eigenvalue weighted by atomic mass is 9.84. The predicted octanol–water partition coefficient (Wildman–Crippen LogP) is 3.92. The van der Waals surface area contributed by atoms with Gasteiger partial charge in [0.2, 0.25) is 0 Å². The molecule has 110 valence electrons. The molecule has 0 aromatic heterocycles. The van der Waals surface area contributed by atoms with E-state index in [0.29, 0.717) is 0 Å².